The molecule has 0 spiro atoms. The zero-order chi connectivity index (χ0) is 23.7. The number of hydrogen-bond donors (Lipinski definition) is 3. The van der Waals surface area contributed by atoms with Crippen molar-refractivity contribution in [1.82, 2.24) is 10.0 Å². The van der Waals surface area contributed by atoms with E-state index in [0.717, 1.165) is 12.0 Å². The molecule has 0 bridgehead atoms. The molecule has 2 amide bonds. The number of benzene rings is 2. The van der Waals surface area contributed by atoms with Crippen molar-refractivity contribution in [3.05, 3.63) is 54.1 Å². The van der Waals surface area contributed by atoms with Crippen LogP contribution in [-0.4, -0.2) is 33.4 Å². The number of carbonyl (C=O) groups excluding carboxylic acids is 2. The summed E-state index contributed by atoms with van der Waals surface area (Å²) in [4.78, 5) is 24.6. The van der Waals surface area contributed by atoms with Crippen LogP contribution in [0.15, 0.2) is 53.4 Å². The van der Waals surface area contributed by atoms with E-state index >= 15 is 0 Å². The van der Waals surface area contributed by atoms with E-state index < -0.39 is 22.0 Å². The Morgan fingerprint density at radius 1 is 1.06 bits per heavy atom. The van der Waals surface area contributed by atoms with Crippen molar-refractivity contribution < 1.29 is 22.7 Å². The number of sulfonamides is 1. The molecule has 0 fully saturated rings. The number of methoxy groups -OCH3 is 1. The fraction of sp³-hybridized carbons (Fsp3) is 0.391. The molecule has 0 saturated heterocycles. The number of carbonyl (C=O) groups is 2. The van der Waals surface area contributed by atoms with Gasteiger partial charge < -0.3 is 15.4 Å². The van der Waals surface area contributed by atoms with Gasteiger partial charge in [0, 0.05) is 18.7 Å². The second kappa shape index (κ2) is 11.6. The fourth-order valence-electron chi connectivity index (χ4n) is 2.99. The van der Waals surface area contributed by atoms with Gasteiger partial charge in [-0.3, -0.25) is 9.59 Å². The highest BCUT2D eigenvalue weighted by molar-refractivity contribution is 7.89. The first-order chi connectivity index (χ1) is 15.2. The van der Waals surface area contributed by atoms with Crippen molar-refractivity contribution in [2.24, 2.45) is 5.92 Å². The fourth-order valence-corrected chi connectivity index (χ4v) is 4.34. The zero-order valence-corrected chi connectivity index (χ0v) is 19.7. The van der Waals surface area contributed by atoms with Crippen molar-refractivity contribution in [3.8, 4) is 5.75 Å². The van der Waals surface area contributed by atoms with Crippen molar-refractivity contribution in [2.45, 2.75) is 51.1 Å². The first kappa shape index (κ1) is 25.4. The molecule has 0 radical (unpaired) electrons. The van der Waals surface area contributed by atoms with E-state index in [-0.39, 0.29) is 23.3 Å². The average molecular weight is 462 g/mol. The molecule has 0 unspecified atom stereocenters. The molecule has 0 aliphatic carbocycles. The average Bonchev–Trinajstić information content (AvgIpc) is 2.76. The lowest BCUT2D eigenvalue weighted by molar-refractivity contribution is -0.123. The summed E-state index contributed by atoms with van der Waals surface area (Å²) in [5, 5.41) is 5.60. The Bertz CT molecular complexity index is 1020. The van der Waals surface area contributed by atoms with Crippen LogP contribution < -0.4 is 20.1 Å². The van der Waals surface area contributed by atoms with E-state index in [1.807, 2.05) is 13.0 Å². The molecule has 0 saturated carbocycles. The van der Waals surface area contributed by atoms with Gasteiger partial charge in [-0.2, -0.15) is 4.72 Å². The van der Waals surface area contributed by atoms with E-state index in [2.05, 4.69) is 15.4 Å². The highest BCUT2D eigenvalue weighted by Crippen LogP contribution is 2.17. The molecular weight excluding hydrogens is 430 g/mol. The standard InChI is InChI=1S/C23H31N3O5S/c1-5-7-21(27)25-18-9-6-8-17(14-18)15-24-23(28)22(16(2)3)26-32(29,30)20-12-10-19(31-4)11-13-20/h6,8-14,16,22,26H,5,7,15H2,1-4H3,(H,24,28)(H,25,27)/t22-/m0/s1. The maximum atomic E-state index is 12.8. The molecule has 32 heavy (non-hydrogen) atoms. The van der Waals surface area contributed by atoms with Crippen molar-refractivity contribution >= 4 is 27.5 Å². The lowest BCUT2D eigenvalue weighted by Crippen LogP contribution is -2.49. The van der Waals surface area contributed by atoms with Crippen LogP contribution in [-0.2, 0) is 26.2 Å². The van der Waals surface area contributed by atoms with E-state index in [0.29, 0.717) is 17.9 Å². The Hall–Kier alpha value is -2.91. The van der Waals surface area contributed by atoms with Crippen LogP contribution in [0.2, 0.25) is 0 Å². The lowest BCUT2D eigenvalue weighted by Gasteiger charge is -2.22. The molecule has 2 rings (SSSR count). The second-order valence-corrected chi connectivity index (χ2v) is 9.45. The SMILES string of the molecule is CCCC(=O)Nc1cccc(CNC(=O)[C@@H](NS(=O)(=O)c2ccc(OC)cc2)C(C)C)c1. The third kappa shape index (κ3) is 7.35. The maximum absolute atomic E-state index is 12.8. The van der Waals surface area contributed by atoms with Crippen molar-refractivity contribution in [2.75, 3.05) is 12.4 Å². The molecule has 9 heteroatoms. The number of rotatable bonds is 11. The third-order valence-electron chi connectivity index (χ3n) is 4.76. The monoisotopic (exact) mass is 461 g/mol. The minimum Gasteiger partial charge on any atom is -0.497 e. The Labute approximate surface area is 189 Å². The van der Waals surface area contributed by atoms with Crippen molar-refractivity contribution in [3.63, 3.8) is 0 Å². The van der Waals surface area contributed by atoms with Gasteiger partial charge in [0.15, 0.2) is 0 Å². The van der Waals surface area contributed by atoms with Crippen LogP contribution in [0.25, 0.3) is 0 Å². The van der Waals surface area contributed by atoms with Gasteiger partial charge in [0.1, 0.15) is 11.8 Å². The topological polar surface area (TPSA) is 114 Å². The van der Waals surface area contributed by atoms with Crippen LogP contribution in [0, 0.1) is 5.92 Å². The van der Waals surface area contributed by atoms with Gasteiger partial charge in [-0.05, 0) is 54.3 Å². The van der Waals surface area contributed by atoms with Crippen LogP contribution in [0.3, 0.4) is 0 Å². The highest BCUT2D eigenvalue weighted by Gasteiger charge is 2.28. The molecule has 0 aromatic heterocycles. The number of amides is 2. The normalized spacial score (nSPS) is 12.3. The van der Waals surface area contributed by atoms with Crippen molar-refractivity contribution in [1.29, 1.82) is 0 Å². The summed E-state index contributed by atoms with van der Waals surface area (Å²) < 4.78 is 33.1. The Morgan fingerprint density at radius 2 is 1.75 bits per heavy atom. The van der Waals surface area contributed by atoms with Gasteiger partial charge in [0.05, 0.1) is 12.0 Å². The van der Waals surface area contributed by atoms with Gasteiger partial charge in [0.25, 0.3) is 0 Å². The number of nitrogens with one attached hydrogen (secondary N) is 3. The molecule has 0 aliphatic heterocycles. The Balaban J connectivity index is 2.05. The molecule has 1 atom stereocenters. The molecule has 0 aliphatic rings. The van der Waals surface area contributed by atoms with Gasteiger partial charge in [0.2, 0.25) is 21.8 Å². The van der Waals surface area contributed by atoms with Crippen LogP contribution in [0.1, 0.15) is 39.2 Å². The van der Waals surface area contributed by atoms with E-state index in [1.165, 1.54) is 19.2 Å². The molecule has 0 heterocycles. The van der Waals surface area contributed by atoms with E-state index in [1.54, 1.807) is 44.2 Å². The van der Waals surface area contributed by atoms with E-state index in [4.69, 9.17) is 4.74 Å². The van der Waals surface area contributed by atoms with Crippen LogP contribution >= 0.6 is 0 Å². The summed E-state index contributed by atoms with van der Waals surface area (Å²) in [6.07, 6.45) is 1.19. The number of hydrogen-bond acceptors (Lipinski definition) is 5. The predicted octanol–water partition coefficient (Wildman–Crippen LogP) is 3.05. The zero-order valence-electron chi connectivity index (χ0n) is 18.8. The van der Waals surface area contributed by atoms with Gasteiger partial charge in [-0.15, -0.1) is 0 Å². The number of anilines is 1. The summed E-state index contributed by atoms with van der Waals surface area (Å²) in [7, 11) is -2.40. The highest BCUT2D eigenvalue weighted by atomic mass is 32.2. The number of ether oxygens (including phenoxy) is 1. The molecule has 2 aromatic carbocycles. The van der Waals surface area contributed by atoms with Crippen LogP contribution in [0.4, 0.5) is 5.69 Å². The largest absolute Gasteiger partial charge is 0.497 e. The maximum Gasteiger partial charge on any atom is 0.241 e. The summed E-state index contributed by atoms with van der Waals surface area (Å²) in [5.41, 5.74) is 1.43. The predicted molar refractivity (Wildman–Crippen MR) is 124 cm³/mol. The van der Waals surface area contributed by atoms with Gasteiger partial charge in [-0.25, -0.2) is 8.42 Å². The molecule has 3 N–H and O–H groups in total. The summed E-state index contributed by atoms with van der Waals surface area (Å²) in [5.74, 6) is -0.239. The Kier molecular flexibility index (Phi) is 9.22. The van der Waals surface area contributed by atoms with E-state index in [9.17, 15) is 18.0 Å². The van der Waals surface area contributed by atoms with Gasteiger partial charge >= 0.3 is 0 Å². The second-order valence-electron chi connectivity index (χ2n) is 7.73. The lowest BCUT2D eigenvalue weighted by atomic mass is 10.0. The first-order valence-electron chi connectivity index (χ1n) is 10.5. The molecular formula is C23H31N3O5S. The quantitative estimate of drug-likeness (QED) is 0.476. The third-order valence-corrected chi connectivity index (χ3v) is 6.21. The summed E-state index contributed by atoms with van der Waals surface area (Å²) >= 11 is 0. The van der Waals surface area contributed by atoms with Gasteiger partial charge in [-0.1, -0.05) is 32.9 Å². The molecule has 8 nitrogen and oxygen atoms in total. The minimum absolute atomic E-state index is 0.0484. The molecule has 174 valence electrons. The summed E-state index contributed by atoms with van der Waals surface area (Å²) in [6, 6.07) is 12.2. The summed E-state index contributed by atoms with van der Waals surface area (Å²) in [6.45, 7) is 5.67. The molecule has 2 aromatic rings. The minimum atomic E-state index is -3.90. The smallest absolute Gasteiger partial charge is 0.241 e. The van der Waals surface area contributed by atoms with Crippen LogP contribution in [0.5, 0.6) is 5.75 Å². The Morgan fingerprint density at radius 3 is 2.34 bits per heavy atom. The first-order valence-corrected chi connectivity index (χ1v) is 12.0.